The van der Waals surface area contributed by atoms with Crippen LogP contribution in [-0.4, -0.2) is 42.1 Å². The van der Waals surface area contributed by atoms with Crippen molar-refractivity contribution in [3.05, 3.63) is 23.2 Å². The molecule has 0 aliphatic carbocycles. The van der Waals surface area contributed by atoms with Gasteiger partial charge in [0.1, 0.15) is 11.8 Å². The first-order valence-corrected chi connectivity index (χ1v) is 6.49. The second kappa shape index (κ2) is 6.01. The van der Waals surface area contributed by atoms with Crippen molar-refractivity contribution in [3.8, 4) is 5.75 Å². The van der Waals surface area contributed by atoms with Crippen molar-refractivity contribution in [3.63, 3.8) is 0 Å². The maximum atomic E-state index is 12.0. The van der Waals surface area contributed by atoms with Crippen LogP contribution >= 0.6 is 11.6 Å². The number of aliphatic carboxylic acids is 1. The summed E-state index contributed by atoms with van der Waals surface area (Å²) in [6.07, 6.45) is 0. The number of benzene rings is 1. The van der Waals surface area contributed by atoms with Crippen LogP contribution in [0.4, 0.5) is 5.69 Å². The van der Waals surface area contributed by atoms with Gasteiger partial charge in [-0.25, -0.2) is 4.79 Å². The molecular formula is C13H13ClN2O5. The molecule has 0 saturated carbocycles. The Morgan fingerprint density at radius 1 is 1.52 bits per heavy atom. The Hall–Kier alpha value is -2.28. The van der Waals surface area contributed by atoms with Crippen molar-refractivity contribution >= 4 is 35.1 Å². The highest BCUT2D eigenvalue weighted by Crippen LogP contribution is 2.34. The predicted octanol–water partition coefficient (Wildman–Crippen LogP) is 0.655. The third kappa shape index (κ3) is 3.43. The third-order valence-corrected chi connectivity index (χ3v) is 3.14. The van der Waals surface area contributed by atoms with Crippen molar-refractivity contribution < 1.29 is 24.2 Å². The van der Waals surface area contributed by atoms with E-state index in [9.17, 15) is 14.4 Å². The van der Waals surface area contributed by atoms with E-state index in [0.29, 0.717) is 16.5 Å². The average Bonchev–Trinajstić information content (AvgIpc) is 2.40. The molecule has 7 nitrogen and oxygen atoms in total. The van der Waals surface area contributed by atoms with Gasteiger partial charge < -0.3 is 20.1 Å². The lowest BCUT2D eigenvalue weighted by Gasteiger charge is -2.31. The number of carbonyl (C=O) groups excluding carboxylic acids is 2. The number of nitrogens with one attached hydrogen (secondary N) is 1. The van der Waals surface area contributed by atoms with Gasteiger partial charge in [-0.1, -0.05) is 11.6 Å². The third-order valence-electron chi connectivity index (χ3n) is 2.90. The van der Waals surface area contributed by atoms with Gasteiger partial charge >= 0.3 is 5.97 Å². The Kier molecular flexibility index (Phi) is 4.32. The number of carboxylic acids is 1. The molecule has 8 heteroatoms. The molecule has 2 amide bonds. The summed E-state index contributed by atoms with van der Waals surface area (Å²) in [6, 6.07) is 3.51. The smallest absolute Gasteiger partial charge is 0.328 e. The van der Waals surface area contributed by atoms with Gasteiger partial charge in [0.15, 0.2) is 6.61 Å². The van der Waals surface area contributed by atoms with E-state index < -0.39 is 23.8 Å². The Morgan fingerprint density at radius 3 is 2.86 bits per heavy atom. The van der Waals surface area contributed by atoms with Gasteiger partial charge in [-0.3, -0.25) is 9.59 Å². The standard InChI is InChI=1S/C13H13ClN2O5/c1-7(17)15-9(13(19)20)5-16-10-4-8(14)2-3-11(10)21-6-12(16)18/h2-4,9H,5-6H2,1H3,(H,15,17)(H,19,20). The van der Waals surface area contributed by atoms with Gasteiger partial charge in [-0.05, 0) is 18.2 Å². The number of halogens is 1. The molecule has 1 aromatic rings. The summed E-state index contributed by atoms with van der Waals surface area (Å²) >= 11 is 5.89. The summed E-state index contributed by atoms with van der Waals surface area (Å²) in [5, 5.41) is 11.8. The number of anilines is 1. The molecule has 1 aliphatic heterocycles. The zero-order valence-electron chi connectivity index (χ0n) is 11.1. The maximum absolute atomic E-state index is 12.0. The Balaban J connectivity index is 2.30. The van der Waals surface area contributed by atoms with Crippen LogP contribution in [0.1, 0.15) is 6.92 Å². The SMILES string of the molecule is CC(=O)NC(CN1C(=O)COc2ccc(Cl)cc21)C(=O)O. The number of fused-ring (bicyclic) bond motifs is 1. The molecular weight excluding hydrogens is 300 g/mol. The fourth-order valence-electron chi connectivity index (χ4n) is 1.99. The number of amides is 2. The summed E-state index contributed by atoms with van der Waals surface area (Å²) in [6.45, 7) is 0.813. The van der Waals surface area contributed by atoms with Crippen LogP contribution in [0.25, 0.3) is 0 Å². The molecule has 0 aromatic heterocycles. The molecule has 0 fully saturated rings. The number of nitrogens with zero attached hydrogens (tertiary/aromatic N) is 1. The lowest BCUT2D eigenvalue weighted by atomic mass is 10.2. The highest BCUT2D eigenvalue weighted by Gasteiger charge is 2.31. The zero-order valence-corrected chi connectivity index (χ0v) is 11.9. The second-order valence-corrected chi connectivity index (χ2v) is 4.93. The van der Waals surface area contributed by atoms with Crippen LogP contribution in [0.15, 0.2) is 18.2 Å². The van der Waals surface area contributed by atoms with Crippen LogP contribution in [0.5, 0.6) is 5.75 Å². The van der Waals surface area contributed by atoms with Gasteiger partial charge in [0.25, 0.3) is 5.91 Å². The number of ether oxygens (including phenoxy) is 1. The lowest BCUT2D eigenvalue weighted by molar-refractivity contribution is -0.141. The molecule has 1 atom stereocenters. The number of hydrogen-bond acceptors (Lipinski definition) is 4. The van der Waals surface area contributed by atoms with Crippen molar-refractivity contribution in [1.29, 1.82) is 0 Å². The number of carboxylic acid groups (broad SMARTS) is 1. The van der Waals surface area contributed by atoms with Crippen LogP contribution in [0.3, 0.4) is 0 Å². The van der Waals surface area contributed by atoms with Crippen LogP contribution in [-0.2, 0) is 14.4 Å². The summed E-state index contributed by atoms with van der Waals surface area (Å²) in [5.41, 5.74) is 0.385. The molecule has 0 saturated heterocycles. The van der Waals surface area contributed by atoms with Crippen molar-refractivity contribution in [2.45, 2.75) is 13.0 Å². The Labute approximate surface area is 125 Å². The van der Waals surface area contributed by atoms with E-state index in [2.05, 4.69) is 5.32 Å². The first-order valence-electron chi connectivity index (χ1n) is 6.11. The van der Waals surface area contributed by atoms with E-state index in [1.807, 2.05) is 0 Å². The van der Waals surface area contributed by atoms with Crippen LogP contribution in [0, 0.1) is 0 Å². The van der Waals surface area contributed by atoms with E-state index in [1.54, 1.807) is 12.1 Å². The van der Waals surface area contributed by atoms with Gasteiger partial charge in [0, 0.05) is 11.9 Å². The van der Waals surface area contributed by atoms with E-state index in [-0.39, 0.29) is 13.2 Å². The first-order chi connectivity index (χ1) is 9.88. The van der Waals surface area contributed by atoms with E-state index in [0.717, 1.165) is 0 Å². The topological polar surface area (TPSA) is 95.9 Å². The largest absolute Gasteiger partial charge is 0.482 e. The Bertz CT molecular complexity index is 604. The minimum Gasteiger partial charge on any atom is -0.482 e. The van der Waals surface area contributed by atoms with Gasteiger partial charge in [-0.15, -0.1) is 0 Å². The molecule has 0 spiro atoms. The summed E-state index contributed by atoms with van der Waals surface area (Å²) in [7, 11) is 0. The molecule has 2 N–H and O–H groups in total. The minimum atomic E-state index is -1.23. The predicted molar refractivity (Wildman–Crippen MR) is 74.5 cm³/mol. The molecule has 1 unspecified atom stereocenters. The van der Waals surface area contributed by atoms with Gasteiger partial charge in [-0.2, -0.15) is 0 Å². The maximum Gasteiger partial charge on any atom is 0.328 e. The molecule has 1 aromatic carbocycles. The first kappa shape index (κ1) is 15.1. The second-order valence-electron chi connectivity index (χ2n) is 4.50. The lowest BCUT2D eigenvalue weighted by Crippen LogP contribution is -2.51. The fourth-order valence-corrected chi connectivity index (χ4v) is 2.16. The molecule has 0 bridgehead atoms. The molecule has 1 heterocycles. The molecule has 1 aliphatic rings. The fraction of sp³-hybridized carbons (Fsp3) is 0.308. The molecule has 21 heavy (non-hydrogen) atoms. The van der Waals surface area contributed by atoms with Crippen molar-refractivity contribution in [2.75, 3.05) is 18.1 Å². The highest BCUT2D eigenvalue weighted by molar-refractivity contribution is 6.31. The van der Waals surface area contributed by atoms with Crippen molar-refractivity contribution in [1.82, 2.24) is 5.32 Å². The Morgan fingerprint density at radius 2 is 2.24 bits per heavy atom. The molecule has 2 rings (SSSR count). The quantitative estimate of drug-likeness (QED) is 0.851. The summed E-state index contributed by atoms with van der Waals surface area (Å²) in [4.78, 5) is 35.5. The summed E-state index contributed by atoms with van der Waals surface area (Å²) < 4.78 is 5.26. The highest BCUT2D eigenvalue weighted by atomic mass is 35.5. The van der Waals surface area contributed by atoms with E-state index in [4.69, 9.17) is 21.4 Å². The zero-order chi connectivity index (χ0) is 15.6. The average molecular weight is 313 g/mol. The van der Waals surface area contributed by atoms with Crippen LogP contribution in [0.2, 0.25) is 5.02 Å². The summed E-state index contributed by atoms with van der Waals surface area (Å²) in [5.74, 6) is -1.69. The van der Waals surface area contributed by atoms with Crippen molar-refractivity contribution in [2.24, 2.45) is 0 Å². The number of hydrogen-bond donors (Lipinski definition) is 2. The van der Waals surface area contributed by atoms with E-state index >= 15 is 0 Å². The molecule has 112 valence electrons. The number of rotatable bonds is 4. The van der Waals surface area contributed by atoms with Crippen LogP contribution < -0.4 is 15.0 Å². The number of carbonyl (C=O) groups is 3. The molecule has 0 radical (unpaired) electrons. The van der Waals surface area contributed by atoms with Gasteiger partial charge in [0.2, 0.25) is 5.91 Å². The monoisotopic (exact) mass is 312 g/mol. The van der Waals surface area contributed by atoms with E-state index in [1.165, 1.54) is 17.9 Å². The van der Waals surface area contributed by atoms with Gasteiger partial charge in [0.05, 0.1) is 12.2 Å². The minimum absolute atomic E-state index is 0.193. The normalized spacial score (nSPS) is 15.0.